The maximum absolute atomic E-state index is 13.3. The predicted octanol–water partition coefficient (Wildman–Crippen LogP) is 3.91. The molecule has 3 heteroatoms. The van der Waals surface area contributed by atoms with Crippen molar-refractivity contribution in [3.63, 3.8) is 0 Å². The van der Waals surface area contributed by atoms with Gasteiger partial charge in [0.2, 0.25) is 0 Å². The minimum atomic E-state index is -0.249. The minimum Gasteiger partial charge on any atom is -0.484 e. The highest BCUT2D eigenvalue weighted by Crippen LogP contribution is 2.27. The topological polar surface area (TPSA) is 35.2 Å². The number of aryl methyl sites for hydroxylation is 2. The van der Waals surface area contributed by atoms with E-state index in [-0.39, 0.29) is 18.0 Å². The summed E-state index contributed by atoms with van der Waals surface area (Å²) in [6.07, 6.45) is -0.249. The van der Waals surface area contributed by atoms with Gasteiger partial charge < -0.3 is 10.5 Å². The average Bonchev–Trinajstić information content (AvgIpc) is 2.41. The quantitative estimate of drug-likeness (QED) is 0.916. The normalized spacial score (nSPS) is 13.8. The second-order valence-corrected chi connectivity index (χ2v) is 5.17. The molecule has 0 saturated heterocycles. The standard InChI is InChI=1S/C17H20FNO/c1-11-6-4-5-7-15(11)17(13(3)19)20-14-8-9-16(18)12(2)10-14/h4-10,13,17H,19H2,1-3H3. The molecule has 0 spiro atoms. The molecule has 106 valence electrons. The number of nitrogens with two attached hydrogens (primary N) is 1. The summed E-state index contributed by atoms with van der Waals surface area (Å²) < 4.78 is 19.3. The van der Waals surface area contributed by atoms with E-state index in [4.69, 9.17) is 10.5 Å². The van der Waals surface area contributed by atoms with Crippen molar-refractivity contribution in [1.29, 1.82) is 0 Å². The lowest BCUT2D eigenvalue weighted by molar-refractivity contribution is 0.179. The van der Waals surface area contributed by atoms with Crippen LogP contribution in [0, 0.1) is 19.7 Å². The SMILES string of the molecule is Cc1cc(OC(c2ccccc2C)C(C)N)ccc1F. The molecule has 2 rings (SSSR count). The molecule has 0 saturated carbocycles. The molecule has 0 amide bonds. The van der Waals surface area contributed by atoms with Gasteiger partial charge in [-0.3, -0.25) is 0 Å². The van der Waals surface area contributed by atoms with Crippen molar-refractivity contribution < 1.29 is 9.13 Å². The number of ether oxygens (including phenoxy) is 1. The zero-order valence-electron chi connectivity index (χ0n) is 12.1. The Labute approximate surface area is 119 Å². The molecule has 2 aromatic rings. The molecule has 2 unspecified atom stereocenters. The van der Waals surface area contributed by atoms with Gasteiger partial charge in [0.05, 0.1) is 0 Å². The summed E-state index contributed by atoms with van der Waals surface area (Å²) in [7, 11) is 0. The Morgan fingerprint density at radius 1 is 1.05 bits per heavy atom. The summed E-state index contributed by atoms with van der Waals surface area (Å²) in [5, 5.41) is 0. The van der Waals surface area contributed by atoms with Crippen LogP contribution in [-0.4, -0.2) is 6.04 Å². The summed E-state index contributed by atoms with van der Waals surface area (Å²) >= 11 is 0. The molecular weight excluding hydrogens is 253 g/mol. The van der Waals surface area contributed by atoms with Crippen molar-refractivity contribution in [3.8, 4) is 5.75 Å². The van der Waals surface area contributed by atoms with Gasteiger partial charge in [-0.1, -0.05) is 24.3 Å². The van der Waals surface area contributed by atoms with Crippen molar-refractivity contribution in [3.05, 3.63) is 65.0 Å². The fourth-order valence-corrected chi connectivity index (χ4v) is 2.20. The van der Waals surface area contributed by atoms with Gasteiger partial charge in [0.1, 0.15) is 17.7 Å². The predicted molar refractivity (Wildman–Crippen MR) is 79.3 cm³/mol. The zero-order chi connectivity index (χ0) is 14.7. The van der Waals surface area contributed by atoms with Crippen LogP contribution in [0.1, 0.15) is 29.7 Å². The van der Waals surface area contributed by atoms with Crippen LogP contribution in [0.5, 0.6) is 5.75 Å². The van der Waals surface area contributed by atoms with E-state index in [9.17, 15) is 4.39 Å². The third-order valence-electron chi connectivity index (χ3n) is 3.36. The molecule has 0 heterocycles. The molecule has 2 aromatic carbocycles. The molecule has 0 aliphatic heterocycles. The zero-order valence-corrected chi connectivity index (χ0v) is 12.1. The molecule has 2 nitrogen and oxygen atoms in total. The lowest BCUT2D eigenvalue weighted by Gasteiger charge is -2.24. The lowest BCUT2D eigenvalue weighted by Crippen LogP contribution is -2.29. The number of rotatable bonds is 4. The molecule has 20 heavy (non-hydrogen) atoms. The van der Waals surface area contributed by atoms with Crippen LogP contribution in [0.2, 0.25) is 0 Å². The molecule has 0 bridgehead atoms. The van der Waals surface area contributed by atoms with E-state index >= 15 is 0 Å². The van der Waals surface area contributed by atoms with Gasteiger partial charge in [-0.05, 0) is 55.7 Å². The van der Waals surface area contributed by atoms with Crippen molar-refractivity contribution in [2.45, 2.75) is 32.9 Å². The number of hydrogen-bond donors (Lipinski definition) is 1. The average molecular weight is 273 g/mol. The van der Waals surface area contributed by atoms with Crippen LogP contribution in [0.25, 0.3) is 0 Å². The summed E-state index contributed by atoms with van der Waals surface area (Å²) in [6, 6.07) is 12.6. The van der Waals surface area contributed by atoms with E-state index in [1.54, 1.807) is 19.1 Å². The Hall–Kier alpha value is -1.87. The Morgan fingerprint density at radius 2 is 1.75 bits per heavy atom. The molecular formula is C17H20FNO. The highest BCUT2D eigenvalue weighted by Gasteiger charge is 2.20. The second kappa shape index (κ2) is 6.06. The third kappa shape index (κ3) is 3.17. The van der Waals surface area contributed by atoms with E-state index in [0.717, 1.165) is 11.1 Å². The first-order valence-corrected chi connectivity index (χ1v) is 6.73. The van der Waals surface area contributed by atoms with Crippen molar-refractivity contribution >= 4 is 0 Å². The van der Waals surface area contributed by atoms with E-state index in [0.29, 0.717) is 11.3 Å². The number of benzene rings is 2. The Bertz CT molecular complexity index is 595. The molecule has 2 N–H and O–H groups in total. The van der Waals surface area contributed by atoms with E-state index in [1.807, 2.05) is 38.1 Å². The monoisotopic (exact) mass is 273 g/mol. The maximum Gasteiger partial charge on any atom is 0.139 e. The van der Waals surface area contributed by atoms with Crippen LogP contribution in [0.4, 0.5) is 4.39 Å². The van der Waals surface area contributed by atoms with Crippen molar-refractivity contribution in [1.82, 2.24) is 0 Å². The van der Waals surface area contributed by atoms with Gasteiger partial charge in [0.15, 0.2) is 0 Å². The van der Waals surface area contributed by atoms with Gasteiger partial charge in [-0.15, -0.1) is 0 Å². The van der Waals surface area contributed by atoms with Gasteiger partial charge in [-0.25, -0.2) is 4.39 Å². The number of halogens is 1. The van der Waals surface area contributed by atoms with Crippen LogP contribution in [0.15, 0.2) is 42.5 Å². The third-order valence-corrected chi connectivity index (χ3v) is 3.36. The first-order valence-electron chi connectivity index (χ1n) is 6.73. The largest absolute Gasteiger partial charge is 0.484 e. The van der Waals surface area contributed by atoms with Crippen LogP contribution >= 0.6 is 0 Å². The highest BCUT2D eigenvalue weighted by molar-refractivity contribution is 5.33. The van der Waals surface area contributed by atoms with Crippen LogP contribution in [-0.2, 0) is 0 Å². The van der Waals surface area contributed by atoms with Crippen LogP contribution < -0.4 is 10.5 Å². The molecule has 2 atom stereocenters. The van der Waals surface area contributed by atoms with Gasteiger partial charge in [0, 0.05) is 6.04 Å². The Kier molecular flexibility index (Phi) is 4.40. The molecule has 0 radical (unpaired) electrons. The first kappa shape index (κ1) is 14.5. The van der Waals surface area contributed by atoms with Gasteiger partial charge in [0.25, 0.3) is 0 Å². The van der Waals surface area contributed by atoms with Crippen molar-refractivity contribution in [2.75, 3.05) is 0 Å². The van der Waals surface area contributed by atoms with Gasteiger partial charge >= 0.3 is 0 Å². The molecule has 0 aliphatic carbocycles. The van der Waals surface area contributed by atoms with E-state index < -0.39 is 0 Å². The highest BCUT2D eigenvalue weighted by atomic mass is 19.1. The first-order chi connectivity index (χ1) is 9.49. The minimum absolute atomic E-state index is 0.165. The Balaban J connectivity index is 2.31. The van der Waals surface area contributed by atoms with Crippen LogP contribution in [0.3, 0.4) is 0 Å². The van der Waals surface area contributed by atoms with E-state index in [1.165, 1.54) is 6.07 Å². The Morgan fingerprint density at radius 3 is 2.35 bits per heavy atom. The fraction of sp³-hybridized carbons (Fsp3) is 0.294. The summed E-state index contributed by atoms with van der Waals surface area (Å²) in [6.45, 7) is 5.66. The smallest absolute Gasteiger partial charge is 0.139 e. The lowest BCUT2D eigenvalue weighted by atomic mass is 9.99. The second-order valence-electron chi connectivity index (χ2n) is 5.17. The van der Waals surface area contributed by atoms with E-state index in [2.05, 4.69) is 0 Å². The summed E-state index contributed by atoms with van der Waals surface area (Å²) in [5.41, 5.74) is 8.81. The summed E-state index contributed by atoms with van der Waals surface area (Å²) in [4.78, 5) is 0. The summed E-state index contributed by atoms with van der Waals surface area (Å²) in [5.74, 6) is 0.403. The molecule has 0 aromatic heterocycles. The van der Waals surface area contributed by atoms with Gasteiger partial charge in [-0.2, -0.15) is 0 Å². The molecule has 0 fully saturated rings. The number of hydrogen-bond acceptors (Lipinski definition) is 2. The van der Waals surface area contributed by atoms with Crippen molar-refractivity contribution in [2.24, 2.45) is 5.73 Å². The maximum atomic E-state index is 13.3. The molecule has 0 aliphatic rings. The fourth-order valence-electron chi connectivity index (χ4n) is 2.20.